The summed E-state index contributed by atoms with van der Waals surface area (Å²) in [5.74, 6) is 1.80. The van der Waals surface area contributed by atoms with E-state index >= 15 is 0 Å². The van der Waals surface area contributed by atoms with Gasteiger partial charge in [0.1, 0.15) is 12.2 Å². The first-order valence-electron chi connectivity index (χ1n) is 9.23. The summed E-state index contributed by atoms with van der Waals surface area (Å²) in [5, 5.41) is 15.8. The highest BCUT2D eigenvalue weighted by Crippen LogP contribution is 2.15. The normalized spacial score (nSPS) is 14.1. The van der Waals surface area contributed by atoms with Crippen LogP contribution in [0.25, 0.3) is 0 Å². The molecule has 0 radical (unpaired) electrons. The third-order valence-electron chi connectivity index (χ3n) is 4.34. The average molecular weight is 377 g/mol. The van der Waals surface area contributed by atoms with E-state index < -0.39 is 0 Å². The van der Waals surface area contributed by atoms with Gasteiger partial charge in [-0.05, 0) is 38.0 Å². The number of aliphatic imine (C=N–C) groups is 1. The van der Waals surface area contributed by atoms with E-state index in [0.717, 1.165) is 36.2 Å². The number of rotatable bonds is 8. The van der Waals surface area contributed by atoms with Gasteiger partial charge in [-0.15, -0.1) is 10.2 Å². The summed E-state index contributed by atoms with van der Waals surface area (Å²) in [6.45, 7) is 9.92. The maximum Gasteiger partial charge on any atom is 0.192 e. The minimum absolute atomic E-state index is 0.128. The first-order valence-corrected chi connectivity index (χ1v) is 9.60. The lowest BCUT2D eigenvalue weighted by Crippen LogP contribution is -2.43. The highest BCUT2D eigenvalue weighted by Gasteiger charge is 2.10. The molecule has 0 spiro atoms. The molecule has 7 heteroatoms. The number of benzene rings is 1. The summed E-state index contributed by atoms with van der Waals surface area (Å²) in [7, 11) is 0. The molecule has 0 saturated heterocycles. The van der Waals surface area contributed by atoms with Crippen molar-refractivity contribution < 1.29 is 0 Å². The van der Waals surface area contributed by atoms with Gasteiger partial charge in [0.15, 0.2) is 5.96 Å². The van der Waals surface area contributed by atoms with E-state index in [-0.39, 0.29) is 6.04 Å². The van der Waals surface area contributed by atoms with Gasteiger partial charge in [-0.3, -0.25) is 4.99 Å². The summed E-state index contributed by atoms with van der Waals surface area (Å²) in [6.07, 6.45) is 3.66. The molecule has 142 valence electrons. The van der Waals surface area contributed by atoms with Gasteiger partial charge in [-0.25, -0.2) is 0 Å². The predicted molar refractivity (Wildman–Crippen MR) is 108 cm³/mol. The molecule has 0 amide bonds. The average Bonchev–Trinajstić information content (AvgIpc) is 3.09. The lowest BCUT2D eigenvalue weighted by molar-refractivity contribution is 0.596. The van der Waals surface area contributed by atoms with Gasteiger partial charge in [-0.2, -0.15) is 0 Å². The maximum absolute atomic E-state index is 5.98. The first kappa shape index (κ1) is 20.2. The van der Waals surface area contributed by atoms with Crippen molar-refractivity contribution in [2.45, 2.75) is 59.2 Å². The highest BCUT2D eigenvalue weighted by atomic mass is 35.5. The second kappa shape index (κ2) is 10.2. The third-order valence-corrected chi connectivity index (χ3v) is 4.59. The molecular weight excluding hydrogens is 348 g/mol. The predicted octanol–water partition coefficient (Wildman–Crippen LogP) is 3.59. The second-order valence-corrected chi connectivity index (χ2v) is 6.83. The van der Waals surface area contributed by atoms with Crippen LogP contribution >= 0.6 is 11.6 Å². The number of halogens is 1. The number of aryl methyl sites for hydroxylation is 1. The van der Waals surface area contributed by atoms with Gasteiger partial charge < -0.3 is 15.2 Å². The Morgan fingerprint density at radius 3 is 2.58 bits per heavy atom. The number of guanidine groups is 1. The van der Waals surface area contributed by atoms with Crippen molar-refractivity contribution in [1.82, 2.24) is 25.4 Å². The molecule has 26 heavy (non-hydrogen) atoms. The van der Waals surface area contributed by atoms with E-state index in [1.165, 1.54) is 5.56 Å². The van der Waals surface area contributed by atoms with Crippen LogP contribution in [0.3, 0.4) is 0 Å². The van der Waals surface area contributed by atoms with Crippen LogP contribution in [-0.2, 0) is 13.0 Å². The molecule has 2 rings (SSSR count). The van der Waals surface area contributed by atoms with Crippen molar-refractivity contribution in [1.29, 1.82) is 0 Å². The van der Waals surface area contributed by atoms with Crippen LogP contribution in [0.5, 0.6) is 0 Å². The van der Waals surface area contributed by atoms with Crippen LogP contribution in [0.15, 0.2) is 35.6 Å². The highest BCUT2D eigenvalue weighted by molar-refractivity contribution is 6.30. The summed E-state index contributed by atoms with van der Waals surface area (Å²) in [5.41, 5.74) is 1.17. The van der Waals surface area contributed by atoms with Crippen molar-refractivity contribution >= 4 is 17.6 Å². The first-order chi connectivity index (χ1) is 12.5. The van der Waals surface area contributed by atoms with E-state index in [1.807, 2.05) is 28.8 Å². The number of nitrogens with one attached hydrogen (secondary N) is 2. The summed E-state index contributed by atoms with van der Waals surface area (Å²) in [6, 6.07) is 8.36. The van der Waals surface area contributed by atoms with Crippen LogP contribution in [0.4, 0.5) is 0 Å². The fourth-order valence-corrected chi connectivity index (χ4v) is 2.64. The van der Waals surface area contributed by atoms with Crippen LogP contribution < -0.4 is 10.6 Å². The SMILES string of the molecule is CCc1nncn1CCN=C(NC(C)CC)NC(C)c1ccc(Cl)cc1. The van der Waals surface area contributed by atoms with Crippen molar-refractivity contribution in [3.05, 3.63) is 47.0 Å². The smallest absolute Gasteiger partial charge is 0.192 e. The Kier molecular flexibility index (Phi) is 7.91. The van der Waals surface area contributed by atoms with Crippen LogP contribution in [-0.4, -0.2) is 33.3 Å². The summed E-state index contributed by atoms with van der Waals surface area (Å²) < 4.78 is 2.05. The third kappa shape index (κ3) is 6.02. The Morgan fingerprint density at radius 1 is 1.19 bits per heavy atom. The molecule has 6 nitrogen and oxygen atoms in total. The Bertz CT molecular complexity index is 694. The molecule has 2 atom stereocenters. The minimum Gasteiger partial charge on any atom is -0.354 e. The van der Waals surface area contributed by atoms with E-state index in [1.54, 1.807) is 6.33 Å². The van der Waals surface area contributed by atoms with Crippen molar-refractivity contribution in [3.63, 3.8) is 0 Å². The number of hydrogen-bond donors (Lipinski definition) is 2. The number of nitrogens with zero attached hydrogens (tertiary/aromatic N) is 4. The lowest BCUT2D eigenvalue weighted by Gasteiger charge is -2.21. The molecular formula is C19H29ClN6. The van der Waals surface area contributed by atoms with E-state index in [4.69, 9.17) is 16.6 Å². The Morgan fingerprint density at radius 2 is 1.92 bits per heavy atom. The van der Waals surface area contributed by atoms with Crippen LogP contribution in [0.2, 0.25) is 5.02 Å². The standard InChI is InChI=1S/C19H29ClN6/c1-5-14(3)23-19(21-11-12-26-13-22-25-18(26)6-2)24-15(4)16-7-9-17(20)10-8-16/h7-10,13-15H,5-6,11-12H2,1-4H3,(H2,21,23,24). The molecule has 2 unspecified atom stereocenters. The van der Waals surface area contributed by atoms with E-state index in [2.05, 4.69) is 48.5 Å². The lowest BCUT2D eigenvalue weighted by atomic mass is 10.1. The Hall–Kier alpha value is -2.08. The molecule has 1 aromatic heterocycles. The van der Waals surface area contributed by atoms with Gasteiger partial charge in [0, 0.05) is 24.0 Å². The zero-order valence-corrected chi connectivity index (χ0v) is 16.8. The molecule has 1 heterocycles. The second-order valence-electron chi connectivity index (χ2n) is 6.40. The van der Waals surface area contributed by atoms with Crippen molar-refractivity contribution in [2.24, 2.45) is 4.99 Å². The molecule has 2 N–H and O–H groups in total. The summed E-state index contributed by atoms with van der Waals surface area (Å²) >= 11 is 5.98. The Balaban J connectivity index is 2.03. The van der Waals surface area contributed by atoms with Gasteiger partial charge in [0.2, 0.25) is 0 Å². The zero-order valence-electron chi connectivity index (χ0n) is 16.0. The van der Waals surface area contributed by atoms with Crippen LogP contribution in [0.1, 0.15) is 51.5 Å². The van der Waals surface area contributed by atoms with Gasteiger partial charge in [0.25, 0.3) is 0 Å². The molecule has 1 aromatic carbocycles. The molecule has 0 saturated carbocycles. The maximum atomic E-state index is 5.98. The van der Waals surface area contributed by atoms with E-state index in [9.17, 15) is 0 Å². The van der Waals surface area contributed by atoms with Gasteiger partial charge in [-0.1, -0.05) is 37.6 Å². The molecule has 2 aromatic rings. The van der Waals surface area contributed by atoms with Crippen molar-refractivity contribution in [2.75, 3.05) is 6.54 Å². The number of aromatic nitrogens is 3. The van der Waals surface area contributed by atoms with Crippen LogP contribution in [0, 0.1) is 0 Å². The molecule has 0 aliphatic carbocycles. The zero-order chi connectivity index (χ0) is 18.9. The Labute approximate surface area is 161 Å². The fraction of sp³-hybridized carbons (Fsp3) is 0.526. The molecule has 0 aliphatic heterocycles. The molecule has 0 bridgehead atoms. The quantitative estimate of drug-likeness (QED) is 0.545. The topological polar surface area (TPSA) is 67.1 Å². The fourth-order valence-electron chi connectivity index (χ4n) is 2.52. The van der Waals surface area contributed by atoms with E-state index in [0.29, 0.717) is 12.6 Å². The molecule has 0 aliphatic rings. The summed E-state index contributed by atoms with van der Waals surface area (Å²) in [4.78, 5) is 4.74. The number of hydrogen-bond acceptors (Lipinski definition) is 3. The minimum atomic E-state index is 0.128. The van der Waals surface area contributed by atoms with Gasteiger partial charge >= 0.3 is 0 Å². The van der Waals surface area contributed by atoms with Gasteiger partial charge in [0.05, 0.1) is 12.6 Å². The van der Waals surface area contributed by atoms with Crippen molar-refractivity contribution in [3.8, 4) is 0 Å². The largest absolute Gasteiger partial charge is 0.354 e. The molecule has 0 fully saturated rings. The monoisotopic (exact) mass is 376 g/mol.